The molecule has 2 aliphatic rings. The summed E-state index contributed by atoms with van der Waals surface area (Å²) in [6.07, 6.45) is 0.0998. The predicted octanol–water partition coefficient (Wildman–Crippen LogP) is 2.95. The molecule has 0 radical (unpaired) electrons. The van der Waals surface area contributed by atoms with Gasteiger partial charge in [0.15, 0.2) is 0 Å². The van der Waals surface area contributed by atoms with Gasteiger partial charge in [0.2, 0.25) is 0 Å². The van der Waals surface area contributed by atoms with E-state index in [0.29, 0.717) is 30.1 Å². The highest BCUT2D eigenvalue weighted by atomic mass is 16.6. The lowest BCUT2D eigenvalue weighted by Gasteiger charge is -2.51. The van der Waals surface area contributed by atoms with Crippen molar-refractivity contribution in [1.29, 1.82) is 5.26 Å². The van der Waals surface area contributed by atoms with E-state index < -0.39 is 11.7 Å². The van der Waals surface area contributed by atoms with Crippen LogP contribution in [0.3, 0.4) is 0 Å². The summed E-state index contributed by atoms with van der Waals surface area (Å²) in [4.78, 5) is 14.5. The summed E-state index contributed by atoms with van der Waals surface area (Å²) in [5.41, 5.74) is 0.585. The standard InChI is InChI=1S/C23H24N2O5/c1-28-20-8-7-17(12-24)21(9-20)23(27)10-18-14-29-15-19(11-23)25(18)22(26)30-13-16-5-3-2-4-6-16/h2-9,18-19,27H,10-11,13-15H2,1H3. The Bertz CT molecular complexity index is 942. The van der Waals surface area contributed by atoms with Gasteiger partial charge in [0, 0.05) is 18.4 Å². The van der Waals surface area contributed by atoms with Crippen LogP contribution in [0.15, 0.2) is 48.5 Å². The van der Waals surface area contributed by atoms with E-state index >= 15 is 0 Å². The van der Waals surface area contributed by atoms with Gasteiger partial charge in [0.25, 0.3) is 0 Å². The van der Waals surface area contributed by atoms with Crippen molar-refractivity contribution in [3.8, 4) is 11.8 Å². The van der Waals surface area contributed by atoms with Gasteiger partial charge in [-0.1, -0.05) is 30.3 Å². The number of carbonyl (C=O) groups is 1. The van der Waals surface area contributed by atoms with E-state index in [9.17, 15) is 15.2 Å². The van der Waals surface area contributed by atoms with Gasteiger partial charge in [-0.3, -0.25) is 4.90 Å². The average molecular weight is 408 g/mol. The summed E-state index contributed by atoms with van der Waals surface area (Å²) in [6, 6.07) is 16.0. The summed E-state index contributed by atoms with van der Waals surface area (Å²) in [6.45, 7) is 0.811. The number of amides is 1. The molecule has 2 unspecified atom stereocenters. The number of methoxy groups -OCH3 is 1. The molecule has 2 aromatic rings. The molecular weight excluding hydrogens is 384 g/mol. The first-order valence-electron chi connectivity index (χ1n) is 9.92. The second-order valence-electron chi connectivity index (χ2n) is 7.76. The molecule has 2 bridgehead atoms. The number of aliphatic hydroxyl groups is 1. The van der Waals surface area contributed by atoms with E-state index in [2.05, 4.69) is 6.07 Å². The quantitative estimate of drug-likeness (QED) is 0.836. The Kier molecular flexibility index (Phi) is 5.62. The van der Waals surface area contributed by atoms with Crippen LogP contribution >= 0.6 is 0 Å². The van der Waals surface area contributed by atoms with E-state index in [-0.39, 0.29) is 31.5 Å². The summed E-state index contributed by atoms with van der Waals surface area (Å²) in [5, 5.41) is 21.1. The molecule has 2 saturated heterocycles. The predicted molar refractivity (Wildman–Crippen MR) is 108 cm³/mol. The molecule has 0 aliphatic carbocycles. The third-order valence-electron chi connectivity index (χ3n) is 5.82. The average Bonchev–Trinajstić information content (AvgIpc) is 2.77. The highest BCUT2D eigenvalue weighted by Gasteiger charge is 2.50. The molecule has 2 fully saturated rings. The van der Waals surface area contributed by atoms with Crippen molar-refractivity contribution in [3.63, 3.8) is 0 Å². The van der Waals surface area contributed by atoms with E-state index in [0.717, 1.165) is 5.56 Å². The Morgan fingerprint density at radius 3 is 2.57 bits per heavy atom. The first-order chi connectivity index (χ1) is 14.5. The molecule has 2 heterocycles. The van der Waals surface area contributed by atoms with Crippen molar-refractivity contribution in [2.24, 2.45) is 0 Å². The first-order valence-corrected chi connectivity index (χ1v) is 9.92. The SMILES string of the molecule is COc1ccc(C#N)c(C2(O)CC3COCC(C2)N3C(=O)OCc2ccccc2)c1. The second-order valence-corrected chi connectivity index (χ2v) is 7.76. The van der Waals surface area contributed by atoms with Crippen LogP contribution in [-0.2, 0) is 21.7 Å². The molecule has 1 amide bonds. The van der Waals surface area contributed by atoms with Gasteiger partial charge < -0.3 is 19.3 Å². The molecule has 1 N–H and O–H groups in total. The molecule has 30 heavy (non-hydrogen) atoms. The normalized spacial score (nSPS) is 25.3. The first kappa shape index (κ1) is 20.2. The van der Waals surface area contributed by atoms with Crippen LogP contribution in [0.2, 0.25) is 0 Å². The fraction of sp³-hybridized carbons (Fsp3) is 0.391. The van der Waals surface area contributed by atoms with E-state index in [1.54, 1.807) is 30.2 Å². The molecule has 0 aromatic heterocycles. The van der Waals surface area contributed by atoms with Crippen molar-refractivity contribution < 1.29 is 24.1 Å². The molecule has 156 valence electrons. The third-order valence-corrected chi connectivity index (χ3v) is 5.82. The maximum atomic E-state index is 12.9. The van der Waals surface area contributed by atoms with E-state index in [1.165, 1.54) is 0 Å². The smallest absolute Gasteiger partial charge is 0.410 e. The van der Waals surface area contributed by atoms with Crippen LogP contribution in [-0.4, -0.2) is 48.5 Å². The number of rotatable bonds is 4. The number of hydrogen-bond acceptors (Lipinski definition) is 6. The molecular formula is C23H24N2O5. The molecule has 0 saturated carbocycles. The Morgan fingerprint density at radius 2 is 1.93 bits per heavy atom. The number of fused-ring (bicyclic) bond motifs is 2. The largest absolute Gasteiger partial charge is 0.497 e. The molecule has 2 aromatic carbocycles. The Balaban J connectivity index is 1.55. The lowest BCUT2D eigenvalue weighted by molar-refractivity contribution is -0.137. The van der Waals surface area contributed by atoms with Crippen molar-refractivity contribution in [1.82, 2.24) is 4.90 Å². The molecule has 7 heteroatoms. The third kappa shape index (κ3) is 3.84. The number of benzene rings is 2. The number of carbonyl (C=O) groups excluding carboxylic acids is 1. The second kappa shape index (κ2) is 8.34. The molecule has 4 rings (SSSR count). The van der Waals surface area contributed by atoms with Gasteiger partial charge in [0.1, 0.15) is 12.4 Å². The zero-order valence-corrected chi connectivity index (χ0v) is 16.8. The van der Waals surface area contributed by atoms with Crippen molar-refractivity contribution in [2.45, 2.75) is 37.1 Å². The maximum Gasteiger partial charge on any atom is 0.410 e. The summed E-state index contributed by atoms with van der Waals surface area (Å²) in [5.74, 6) is 0.573. The lowest BCUT2D eigenvalue weighted by Crippen LogP contribution is -2.62. The zero-order chi connectivity index (χ0) is 21.1. The van der Waals surface area contributed by atoms with Crippen LogP contribution in [0.5, 0.6) is 5.75 Å². The molecule has 0 spiro atoms. The lowest BCUT2D eigenvalue weighted by atomic mass is 9.75. The summed E-state index contributed by atoms with van der Waals surface area (Å²) in [7, 11) is 1.54. The van der Waals surface area contributed by atoms with Crippen LogP contribution in [0.4, 0.5) is 4.79 Å². The maximum absolute atomic E-state index is 12.9. The fourth-order valence-corrected chi connectivity index (χ4v) is 4.42. The van der Waals surface area contributed by atoms with Crippen molar-refractivity contribution in [3.05, 3.63) is 65.2 Å². The van der Waals surface area contributed by atoms with Gasteiger partial charge in [-0.15, -0.1) is 0 Å². The van der Waals surface area contributed by atoms with Gasteiger partial charge in [-0.25, -0.2) is 4.79 Å². The minimum absolute atomic E-state index is 0.190. The topological polar surface area (TPSA) is 92.0 Å². The number of ether oxygens (including phenoxy) is 3. The number of morpholine rings is 1. The Hall–Kier alpha value is -3.08. The minimum Gasteiger partial charge on any atom is -0.497 e. The van der Waals surface area contributed by atoms with E-state index in [4.69, 9.17) is 14.2 Å². The van der Waals surface area contributed by atoms with Crippen LogP contribution < -0.4 is 4.74 Å². The summed E-state index contributed by atoms with van der Waals surface area (Å²) >= 11 is 0. The van der Waals surface area contributed by atoms with Gasteiger partial charge in [-0.2, -0.15) is 5.26 Å². The highest BCUT2D eigenvalue weighted by molar-refractivity contribution is 5.69. The van der Waals surface area contributed by atoms with Crippen LogP contribution in [0.25, 0.3) is 0 Å². The number of nitrogens with zero attached hydrogens (tertiary/aromatic N) is 2. The van der Waals surface area contributed by atoms with Gasteiger partial charge >= 0.3 is 6.09 Å². The highest BCUT2D eigenvalue weighted by Crippen LogP contribution is 2.43. The minimum atomic E-state index is -1.26. The van der Waals surface area contributed by atoms with Gasteiger partial charge in [0.05, 0.1) is 49.6 Å². The number of piperidine rings is 1. The molecule has 2 aliphatic heterocycles. The summed E-state index contributed by atoms with van der Waals surface area (Å²) < 4.78 is 16.5. The molecule has 7 nitrogen and oxygen atoms in total. The fourth-order valence-electron chi connectivity index (χ4n) is 4.42. The number of nitriles is 1. The monoisotopic (exact) mass is 408 g/mol. The van der Waals surface area contributed by atoms with Gasteiger partial charge in [-0.05, 0) is 23.8 Å². The molecule has 2 atom stereocenters. The van der Waals surface area contributed by atoms with E-state index in [1.807, 2.05) is 30.3 Å². The number of hydrogen-bond donors (Lipinski definition) is 1. The van der Waals surface area contributed by atoms with Crippen LogP contribution in [0, 0.1) is 11.3 Å². The zero-order valence-electron chi connectivity index (χ0n) is 16.8. The Labute approximate surface area is 175 Å². The van der Waals surface area contributed by atoms with Crippen LogP contribution in [0.1, 0.15) is 29.5 Å². The van der Waals surface area contributed by atoms with Crippen molar-refractivity contribution in [2.75, 3.05) is 20.3 Å². The Morgan fingerprint density at radius 1 is 1.23 bits per heavy atom. The van der Waals surface area contributed by atoms with Crippen molar-refractivity contribution >= 4 is 6.09 Å².